The number of halogens is 2. The molecule has 2 fully saturated rings. The third-order valence-electron chi connectivity index (χ3n) is 6.37. The van der Waals surface area contributed by atoms with E-state index in [2.05, 4.69) is 21.2 Å². The van der Waals surface area contributed by atoms with E-state index in [1.807, 2.05) is 12.2 Å². The van der Waals surface area contributed by atoms with E-state index in [9.17, 15) is 19.2 Å². The van der Waals surface area contributed by atoms with Crippen LogP contribution in [0.2, 0.25) is 5.02 Å². The van der Waals surface area contributed by atoms with Gasteiger partial charge >= 0.3 is 5.97 Å². The van der Waals surface area contributed by atoms with E-state index in [-0.39, 0.29) is 41.0 Å². The smallest absolute Gasteiger partial charge is 0.338 e. The van der Waals surface area contributed by atoms with Crippen molar-refractivity contribution in [1.29, 1.82) is 0 Å². The fourth-order valence-electron chi connectivity index (χ4n) is 4.89. The lowest BCUT2D eigenvalue weighted by molar-refractivity contribution is -0.123. The Balaban J connectivity index is 1.20. The van der Waals surface area contributed by atoms with Gasteiger partial charge in [-0.1, -0.05) is 23.8 Å². The van der Waals surface area contributed by atoms with Gasteiger partial charge in [0.2, 0.25) is 11.8 Å². The second-order valence-electron chi connectivity index (χ2n) is 8.31. The number of nitrogens with zero attached hydrogens (tertiary/aromatic N) is 1. The van der Waals surface area contributed by atoms with Crippen LogP contribution in [0.25, 0.3) is 0 Å². The van der Waals surface area contributed by atoms with Gasteiger partial charge in [0.15, 0.2) is 6.61 Å². The van der Waals surface area contributed by atoms with E-state index < -0.39 is 18.5 Å². The van der Waals surface area contributed by atoms with Crippen LogP contribution < -0.4 is 10.2 Å². The molecule has 0 aromatic heterocycles. The molecule has 3 amide bonds. The van der Waals surface area contributed by atoms with Crippen LogP contribution in [0.1, 0.15) is 16.8 Å². The molecular weight excluding hydrogens is 512 g/mol. The third kappa shape index (κ3) is 3.87. The van der Waals surface area contributed by atoms with Gasteiger partial charge in [-0.2, -0.15) is 0 Å². The minimum absolute atomic E-state index is 0.135. The Kier molecular flexibility index (Phi) is 5.58. The standard InChI is InChI=1S/C24H18BrClN2O5/c25-17-8-5-15(10-18(17)26)27-19(29)11-33-24(32)12-3-6-16(7-4-12)28-22(30)20-13-1-2-14(9-13)21(20)23(28)31/h1-8,10,13-14,20-21H,9,11H2,(H,27,29)/t13-,14-,20+,21+/m0/s1. The van der Waals surface area contributed by atoms with E-state index in [0.717, 1.165) is 6.42 Å². The number of hydrogen-bond donors (Lipinski definition) is 1. The number of carbonyl (C=O) groups excluding carboxylic acids is 4. The molecular formula is C24H18BrClN2O5. The molecule has 2 aromatic carbocycles. The molecule has 1 aliphatic heterocycles. The van der Waals surface area contributed by atoms with E-state index in [1.54, 1.807) is 30.3 Å². The Morgan fingerprint density at radius 3 is 2.27 bits per heavy atom. The molecule has 0 spiro atoms. The van der Waals surface area contributed by atoms with Crippen LogP contribution in [-0.4, -0.2) is 30.3 Å². The van der Waals surface area contributed by atoms with Crippen molar-refractivity contribution in [3.05, 3.63) is 69.7 Å². The quantitative estimate of drug-likeness (QED) is 0.356. The first-order chi connectivity index (χ1) is 15.8. The Hall–Kier alpha value is -2.97. The zero-order valence-electron chi connectivity index (χ0n) is 17.2. The Morgan fingerprint density at radius 1 is 1.03 bits per heavy atom. The van der Waals surface area contributed by atoms with Crippen molar-refractivity contribution in [3.63, 3.8) is 0 Å². The fraction of sp³-hybridized carbons (Fsp3) is 0.250. The van der Waals surface area contributed by atoms with Crippen LogP contribution in [0.4, 0.5) is 11.4 Å². The minimum Gasteiger partial charge on any atom is -0.452 e. The zero-order valence-corrected chi connectivity index (χ0v) is 19.5. The van der Waals surface area contributed by atoms with Gasteiger partial charge in [-0.3, -0.25) is 19.3 Å². The lowest BCUT2D eigenvalue weighted by atomic mass is 9.85. The highest BCUT2D eigenvalue weighted by molar-refractivity contribution is 9.10. The van der Waals surface area contributed by atoms with Crippen LogP contribution in [0.3, 0.4) is 0 Å². The van der Waals surface area contributed by atoms with Gasteiger partial charge in [0.25, 0.3) is 5.91 Å². The second kappa shape index (κ2) is 8.43. The predicted molar refractivity (Wildman–Crippen MR) is 125 cm³/mol. The number of fused-ring (bicyclic) bond motifs is 5. The zero-order chi connectivity index (χ0) is 23.3. The summed E-state index contributed by atoms with van der Waals surface area (Å²) >= 11 is 9.26. The molecule has 3 aliphatic rings. The first-order valence-electron chi connectivity index (χ1n) is 10.4. The van der Waals surface area contributed by atoms with Gasteiger partial charge < -0.3 is 10.1 Å². The summed E-state index contributed by atoms with van der Waals surface area (Å²) < 4.78 is 5.77. The third-order valence-corrected chi connectivity index (χ3v) is 7.60. The average molecular weight is 530 g/mol. The number of amides is 3. The van der Waals surface area contributed by atoms with Crippen LogP contribution in [0.15, 0.2) is 59.1 Å². The number of allylic oxidation sites excluding steroid dienone is 2. The maximum atomic E-state index is 12.9. The molecule has 0 radical (unpaired) electrons. The van der Waals surface area contributed by atoms with Crippen LogP contribution in [-0.2, 0) is 19.1 Å². The number of imide groups is 1. The van der Waals surface area contributed by atoms with Gasteiger partial charge in [-0.15, -0.1) is 0 Å². The molecule has 5 rings (SSSR count). The van der Waals surface area contributed by atoms with E-state index in [0.29, 0.717) is 20.9 Å². The molecule has 7 nitrogen and oxygen atoms in total. The lowest BCUT2D eigenvalue weighted by Gasteiger charge is -2.17. The van der Waals surface area contributed by atoms with Crippen LogP contribution >= 0.6 is 27.5 Å². The number of nitrogens with one attached hydrogen (secondary N) is 1. The number of ether oxygens (including phenoxy) is 1. The van der Waals surface area contributed by atoms with Gasteiger partial charge in [-0.05, 0) is 76.7 Å². The van der Waals surface area contributed by atoms with Crippen molar-refractivity contribution in [3.8, 4) is 0 Å². The first-order valence-corrected chi connectivity index (χ1v) is 11.6. The molecule has 1 N–H and O–H groups in total. The summed E-state index contributed by atoms with van der Waals surface area (Å²) in [7, 11) is 0. The highest BCUT2D eigenvalue weighted by atomic mass is 79.9. The van der Waals surface area contributed by atoms with Crippen molar-refractivity contribution in [2.75, 3.05) is 16.8 Å². The summed E-state index contributed by atoms with van der Waals surface area (Å²) in [5.41, 5.74) is 1.11. The average Bonchev–Trinajstić information content (AvgIpc) is 3.48. The molecule has 9 heteroatoms. The number of esters is 1. The first kappa shape index (κ1) is 21.9. The largest absolute Gasteiger partial charge is 0.452 e. The molecule has 1 heterocycles. The van der Waals surface area contributed by atoms with Gasteiger partial charge in [0, 0.05) is 10.2 Å². The second-order valence-corrected chi connectivity index (χ2v) is 9.57. The number of carbonyl (C=O) groups is 4. The number of anilines is 2. The maximum absolute atomic E-state index is 12.9. The number of benzene rings is 2. The molecule has 2 aromatic rings. The topological polar surface area (TPSA) is 92.8 Å². The highest BCUT2D eigenvalue weighted by Crippen LogP contribution is 2.53. The van der Waals surface area contributed by atoms with Crippen molar-refractivity contribution in [1.82, 2.24) is 0 Å². The van der Waals surface area contributed by atoms with E-state index >= 15 is 0 Å². The van der Waals surface area contributed by atoms with Crippen molar-refractivity contribution < 1.29 is 23.9 Å². The summed E-state index contributed by atoms with van der Waals surface area (Å²) in [6, 6.07) is 11.0. The SMILES string of the molecule is O=C(COC(=O)c1ccc(N2C(=O)[C@H]3[C@H](C2=O)[C@H]2C=C[C@H]3C2)cc1)Nc1ccc(Br)c(Cl)c1. The fourth-order valence-corrected chi connectivity index (χ4v) is 5.32. The molecule has 0 unspecified atom stereocenters. The number of rotatable bonds is 5. The van der Waals surface area contributed by atoms with Gasteiger partial charge in [0.05, 0.1) is 28.1 Å². The Morgan fingerprint density at radius 2 is 1.67 bits per heavy atom. The highest BCUT2D eigenvalue weighted by Gasteiger charge is 2.59. The van der Waals surface area contributed by atoms with E-state index in [1.165, 1.54) is 17.0 Å². The molecule has 4 atom stereocenters. The summed E-state index contributed by atoms with van der Waals surface area (Å²) in [6.07, 6.45) is 4.95. The van der Waals surface area contributed by atoms with Gasteiger partial charge in [-0.25, -0.2) is 4.79 Å². The Bertz CT molecular complexity index is 1180. The predicted octanol–water partition coefficient (Wildman–Crippen LogP) is 4.21. The maximum Gasteiger partial charge on any atom is 0.338 e. The van der Waals surface area contributed by atoms with E-state index in [4.69, 9.17) is 16.3 Å². The number of hydrogen-bond acceptors (Lipinski definition) is 5. The van der Waals surface area contributed by atoms with Crippen LogP contribution in [0.5, 0.6) is 0 Å². The molecule has 2 aliphatic carbocycles. The minimum atomic E-state index is -0.691. The summed E-state index contributed by atoms with van der Waals surface area (Å²) in [6.45, 7) is -0.476. The Labute approximate surface area is 202 Å². The van der Waals surface area contributed by atoms with Crippen molar-refractivity contribution in [2.24, 2.45) is 23.7 Å². The molecule has 1 saturated carbocycles. The molecule has 33 heavy (non-hydrogen) atoms. The van der Waals surface area contributed by atoms with Crippen LogP contribution in [0, 0.1) is 23.7 Å². The summed E-state index contributed by atoms with van der Waals surface area (Å²) in [5, 5.41) is 3.03. The molecule has 1 saturated heterocycles. The monoisotopic (exact) mass is 528 g/mol. The summed E-state index contributed by atoms with van der Waals surface area (Å²) in [4.78, 5) is 51.4. The molecule has 168 valence electrons. The normalized spacial score (nSPS) is 24.8. The molecule has 2 bridgehead atoms. The van der Waals surface area contributed by atoms with Gasteiger partial charge in [0.1, 0.15) is 0 Å². The van der Waals surface area contributed by atoms with Crippen molar-refractivity contribution >= 4 is 62.6 Å². The summed E-state index contributed by atoms with van der Waals surface area (Å²) in [5.74, 6) is -1.85. The van der Waals surface area contributed by atoms with Crippen molar-refractivity contribution in [2.45, 2.75) is 6.42 Å². The lowest BCUT2D eigenvalue weighted by Crippen LogP contribution is -2.32.